The van der Waals surface area contributed by atoms with Crippen LogP contribution in [0, 0.1) is 0 Å². The first-order chi connectivity index (χ1) is 14.2. The van der Waals surface area contributed by atoms with Crippen LogP contribution in [0.4, 0.5) is 0 Å². The van der Waals surface area contributed by atoms with E-state index in [1.54, 1.807) is 6.07 Å². The quantitative estimate of drug-likeness (QED) is 0.143. The summed E-state index contributed by atoms with van der Waals surface area (Å²) in [5.41, 5.74) is 0. The van der Waals surface area contributed by atoms with Crippen molar-refractivity contribution in [1.82, 2.24) is 0 Å². The van der Waals surface area contributed by atoms with Gasteiger partial charge in [0.05, 0.1) is 32.6 Å². The molecule has 0 saturated heterocycles. The van der Waals surface area contributed by atoms with Crippen molar-refractivity contribution in [2.24, 2.45) is 0 Å². The Morgan fingerprint density at radius 3 is 2.45 bits per heavy atom. The fraction of sp³-hybridized carbons (Fsp3) is 0.545. The van der Waals surface area contributed by atoms with Crippen molar-refractivity contribution >= 4 is 18.4 Å². The summed E-state index contributed by atoms with van der Waals surface area (Å²) in [5.74, 6) is 0.509. The molecule has 0 fully saturated rings. The van der Waals surface area contributed by atoms with Gasteiger partial charge in [0.2, 0.25) is 0 Å². The lowest BCUT2D eigenvalue weighted by molar-refractivity contribution is -0.112. The maximum atomic E-state index is 13.2. The first kappa shape index (κ1) is 23.8. The van der Waals surface area contributed by atoms with Gasteiger partial charge in [-0.1, -0.05) is 67.3 Å². The molecule has 29 heavy (non-hydrogen) atoms. The smallest absolute Gasteiger partial charge is 0.371 e. The summed E-state index contributed by atoms with van der Waals surface area (Å²) in [6, 6.07) is 13.4. The molecule has 0 aromatic heterocycles. The number of hydrogen-bond donors (Lipinski definition) is 0. The van der Waals surface area contributed by atoms with E-state index in [0.717, 1.165) is 36.5 Å². The number of unbranched alkanes of at least 4 members (excludes halogenated alkanes) is 3. The molecule has 0 bridgehead atoms. The van der Waals surface area contributed by atoms with E-state index in [4.69, 9.17) is 23.6 Å². The molecule has 6 nitrogen and oxygen atoms in total. The summed E-state index contributed by atoms with van der Waals surface area (Å²) in [7, 11) is -3.46. The maximum absolute atomic E-state index is 13.2. The molecule has 7 heteroatoms. The minimum absolute atomic E-state index is 0.123. The highest BCUT2D eigenvalue weighted by Crippen LogP contribution is 2.48. The van der Waals surface area contributed by atoms with E-state index < -0.39 is 7.60 Å². The summed E-state index contributed by atoms with van der Waals surface area (Å²) in [4.78, 5) is 5.49. The minimum Gasteiger partial charge on any atom is -0.379 e. The van der Waals surface area contributed by atoms with Crippen LogP contribution in [0.25, 0.3) is 10.8 Å². The molecule has 162 valence electrons. The second-order valence-electron chi connectivity index (χ2n) is 6.67. The van der Waals surface area contributed by atoms with Gasteiger partial charge in [-0.3, -0.25) is 4.57 Å². The Hall–Kier alpha value is -1.43. The lowest BCUT2D eigenvalue weighted by Gasteiger charge is -2.18. The number of rotatable bonds is 16. The van der Waals surface area contributed by atoms with Gasteiger partial charge in [-0.25, -0.2) is 0 Å². The molecule has 0 aliphatic rings. The summed E-state index contributed by atoms with van der Waals surface area (Å²) < 4.78 is 34.9. The van der Waals surface area contributed by atoms with Gasteiger partial charge in [-0.05, 0) is 24.8 Å². The van der Waals surface area contributed by atoms with Crippen LogP contribution in [-0.4, -0.2) is 39.2 Å². The second kappa shape index (κ2) is 13.7. The largest absolute Gasteiger partial charge is 0.379 e. The predicted molar refractivity (Wildman–Crippen MR) is 116 cm³/mol. The van der Waals surface area contributed by atoms with Crippen molar-refractivity contribution in [3.05, 3.63) is 42.5 Å². The molecule has 2 aromatic rings. The van der Waals surface area contributed by atoms with E-state index in [-0.39, 0.29) is 12.8 Å². The fourth-order valence-corrected chi connectivity index (χ4v) is 3.96. The predicted octanol–water partition coefficient (Wildman–Crippen LogP) is 5.99. The highest BCUT2D eigenvalue weighted by Gasteiger charge is 2.27. The summed E-state index contributed by atoms with van der Waals surface area (Å²) in [5, 5.41) is 1.90. The Labute approximate surface area is 173 Å². The van der Waals surface area contributed by atoms with E-state index >= 15 is 0 Å². The molecule has 0 N–H and O–H groups in total. The second-order valence-corrected chi connectivity index (χ2v) is 8.75. The molecule has 0 aliphatic carbocycles. The monoisotopic (exact) mass is 424 g/mol. The number of hydrogen-bond acceptors (Lipinski definition) is 6. The normalized spacial score (nSPS) is 13.4. The molecule has 0 spiro atoms. The molecule has 2 aromatic carbocycles. The van der Waals surface area contributed by atoms with Crippen molar-refractivity contribution in [2.45, 2.75) is 39.5 Å². The Bertz CT molecular complexity index is 746. The van der Waals surface area contributed by atoms with E-state index in [2.05, 4.69) is 6.92 Å². The number of fused-ring (bicyclic) bond motifs is 1. The van der Waals surface area contributed by atoms with Gasteiger partial charge in [0.1, 0.15) is 0 Å². The van der Waals surface area contributed by atoms with Gasteiger partial charge >= 0.3 is 7.60 Å². The minimum atomic E-state index is -3.46. The van der Waals surface area contributed by atoms with Crippen LogP contribution in [0.2, 0.25) is 0 Å². The standard InChI is InChI=1S/C22H33O6P/c1-3-5-6-9-15-26-29(23,19-18-25-17-16-24-4-2)28-27-22-14-10-12-20-11-7-8-13-21(20)22/h7-8,10-14H,3-6,9,15-19H2,1-2H3. The highest BCUT2D eigenvalue weighted by molar-refractivity contribution is 7.53. The van der Waals surface area contributed by atoms with Crippen LogP contribution in [0.5, 0.6) is 5.75 Å². The third-order valence-electron chi connectivity index (χ3n) is 4.36. The van der Waals surface area contributed by atoms with E-state index in [1.807, 2.05) is 43.3 Å². The molecular weight excluding hydrogens is 391 g/mol. The Kier molecular flexibility index (Phi) is 11.3. The van der Waals surface area contributed by atoms with Gasteiger partial charge in [0, 0.05) is 12.0 Å². The SMILES string of the molecule is CCCCCCOP(=O)(CCOCCOCC)OOc1cccc2ccccc12. The number of benzene rings is 2. The Balaban J connectivity index is 1.93. The molecule has 1 unspecified atom stereocenters. The molecule has 0 heterocycles. The zero-order valence-corrected chi connectivity index (χ0v) is 18.4. The van der Waals surface area contributed by atoms with Gasteiger partial charge < -0.3 is 18.9 Å². The molecule has 0 aliphatic heterocycles. The third kappa shape index (κ3) is 8.85. The Morgan fingerprint density at radius 2 is 1.62 bits per heavy atom. The molecule has 0 saturated carbocycles. The van der Waals surface area contributed by atoms with Crippen molar-refractivity contribution in [3.63, 3.8) is 0 Å². The molecule has 2 rings (SSSR count). The average Bonchev–Trinajstić information content (AvgIpc) is 2.75. The van der Waals surface area contributed by atoms with Crippen molar-refractivity contribution in [1.29, 1.82) is 0 Å². The Morgan fingerprint density at radius 1 is 0.828 bits per heavy atom. The molecule has 0 radical (unpaired) electrons. The topological polar surface area (TPSA) is 63.2 Å². The molecule has 1 atom stereocenters. The van der Waals surface area contributed by atoms with Crippen molar-refractivity contribution in [3.8, 4) is 5.75 Å². The summed E-state index contributed by atoms with van der Waals surface area (Å²) in [6.07, 6.45) is 4.25. The van der Waals surface area contributed by atoms with Crippen LogP contribution in [0.1, 0.15) is 39.5 Å². The van der Waals surface area contributed by atoms with E-state index in [1.165, 1.54) is 0 Å². The van der Waals surface area contributed by atoms with Crippen LogP contribution >= 0.6 is 7.60 Å². The summed E-state index contributed by atoms with van der Waals surface area (Å²) >= 11 is 0. The maximum Gasteiger partial charge on any atom is 0.371 e. The zero-order valence-electron chi connectivity index (χ0n) is 17.5. The first-order valence-electron chi connectivity index (χ1n) is 10.4. The molecule has 0 amide bonds. The van der Waals surface area contributed by atoms with Gasteiger partial charge in [0.15, 0.2) is 5.75 Å². The van der Waals surface area contributed by atoms with Crippen LogP contribution < -0.4 is 4.89 Å². The fourth-order valence-electron chi connectivity index (χ4n) is 2.76. The van der Waals surface area contributed by atoms with Crippen LogP contribution in [-0.2, 0) is 23.2 Å². The lowest BCUT2D eigenvalue weighted by atomic mass is 10.1. The van der Waals surface area contributed by atoms with Gasteiger partial charge in [-0.2, -0.15) is 0 Å². The summed E-state index contributed by atoms with van der Waals surface area (Å²) in [6.45, 7) is 6.28. The van der Waals surface area contributed by atoms with E-state index in [0.29, 0.717) is 32.2 Å². The van der Waals surface area contributed by atoms with Crippen molar-refractivity contribution in [2.75, 3.05) is 39.2 Å². The highest BCUT2D eigenvalue weighted by atomic mass is 31.2. The van der Waals surface area contributed by atoms with Crippen molar-refractivity contribution < 1.29 is 28.1 Å². The van der Waals surface area contributed by atoms with E-state index in [9.17, 15) is 4.57 Å². The zero-order chi connectivity index (χ0) is 20.8. The first-order valence-corrected chi connectivity index (χ1v) is 12.1. The number of ether oxygens (including phenoxy) is 2. The average molecular weight is 424 g/mol. The van der Waals surface area contributed by atoms with Crippen LogP contribution in [0.15, 0.2) is 42.5 Å². The van der Waals surface area contributed by atoms with Gasteiger partial charge in [0.25, 0.3) is 0 Å². The van der Waals surface area contributed by atoms with Gasteiger partial charge in [-0.15, -0.1) is 0 Å². The molecular formula is C22H33O6P. The van der Waals surface area contributed by atoms with Crippen LogP contribution in [0.3, 0.4) is 0 Å². The third-order valence-corrected chi connectivity index (χ3v) is 5.97. The lowest BCUT2D eigenvalue weighted by Crippen LogP contribution is -2.11.